The van der Waals surface area contributed by atoms with Crippen molar-refractivity contribution in [2.75, 3.05) is 38.6 Å². The number of likely N-dealkylation sites (tertiary alicyclic amines) is 1. The van der Waals surface area contributed by atoms with Gasteiger partial charge in [-0.25, -0.2) is 0 Å². The van der Waals surface area contributed by atoms with Crippen LogP contribution < -0.4 is 0 Å². The molecule has 0 N–H and O–H groups in total. The van der Waals surface area contributed by atoms with Crippen LogP contribution in [0.15, 0.2) is 0 Å². The first-order valence-corrected chi connectivity index (χ1v) is 7.72. The molecule has 4 heteroatoms. The molecule has 0 aromatic rings. The molecular formula is C14H27ClN2O. The number of rotatable bonds is 6. The van der Waals surface area contributed by atoms with Crippen molar-refractivity contribution in [3.8, 4) is 0 Å². The molecule has 0 radical (unpaired) electrons. The van der Waals surface area contributed by atoms with Gasteiger partial charge in [-0.2, -0.15) is 0 Å². The van der Waals surface area contributed by atoms with E-state index in [2.05, 4.69) is 18.7 Å². The molecule has 0 aromatic carbocycles. The molecule has 1 fully saturated rings. The summed E-state index contributed by atoms with van der Waals surface area (Å²) in [5, 5.41) is 0. The van der Waals surface area contributed by atoms with Crippen molar-refractivity contribution in [1.29, 1.82) is 0 Å². The lowest BCUT2D eigenvalue weighted by molar-refractivity contribution is -0.135. The Labute approximate surface area is 116 Å². The van der Waals surface area contributed by atoms with E-state index < -0.39 is 0 Å². The molecule has 1 amide bonds. The summed E-state index contributed by atoms with van der Waals surface area (Å²) in [7, 11) is 0. The molecule has 0 aromatic heterocycles. The lowest BCUT2D eigenvalue weighted by Gasteiger charge is -2.35. The molecule has 106 valence electrons. The summed E-state index contributed by atoms with van der Waals surface area (Å²) < 4.78 is 0. The molecule has 0 spiro atoms. The van der Waals surface area contributed by atoms with Crippen LogP contribution in [0.1, 0.15) is 33.6 Å². The molecule has 1 aliphatic heterocycles. The number of nitrogens with zero attached hydrogens (tertiary/aromatic N) is 2. The van der Waals surface area contributed by atoms with Crippen molar-refractivity contribution in [1.82, 2.24) is 9.80 Å². The van der Waals surface area contributed by atoms with Gasteiger partial charge in [0, 0.05) is 31.4 Å². The van der Waals surface area contributed by atoms with Crippen LogP contribution in [0.4, 0.5) is 0 Å². The summed E-state index contributed by atoms with van der Waals surface area (Å²) >= 11 is 5.75. The Morgan fingerprint density at radius 2 is 1.89 bits per heavy atom. The van der Waals surface area contributed by atoms with Crippen molar-refractivity contribution in [2.45, 2.75) is 33.6 Å². The molecule has 0 saturated carbocycles. The summed E-state index contributed by atoms with van der Waals surface area (Å²) in [5.74, 6) is 1.37. The predicted molar refractivity (Wildman–Crippen MR) is 77.0 cm³/mol. The number of carbonyl (C=O) groups excluding carboxylic acids is 1. The Morgan fingerprint density at radius 3 is 2.33 bits per heavy atom. The second-order valence-corrected chi connectivity index (χ2v) is 5.62. The summed E-state index contributed by atoms with van der Waals surface area (Å²) in [6.07, 6.45) is 2.27. The van der Waals surface area contributed by atoms with E-state index in [1.807, 2.05) is 11.8 Å². The van der Waals surface area contributed by atoms with Crippen molar-refractivity contribution in [3.05, 3.63) is 0 Å². The quantitative estimate of drug-likeness (QED) is 0.695. The van der Waals surface area contributed by atoms with Crippen LogP contribution in [-0.4, -0.2) is 54.3 Å². The molecule has 18 heavy (non-hydrogen) atoms. The maximum atomic E-state index is 12.0. The van der Waals surface area contributed by atoms with Crippen LogP contribution in [0.3, 0.4) is 0 Å². The van der Waals surface area contributed by atoms with E-state index in [0.29, 0.717) is 5.88 Å². The fourth-order valence-electron chi connectivity index (χ4n) is 2.56. The monoisotopic (exact) mass is 274 g/mol. The summed E-state index contributed by atoms with van der Waals surface area (Å²) in [6, 6.07) is 0. The molecule has 0 aliphatic carbocycles. The highest BCUT2D eigenvalue weighted by molar-refractivity contribution is 6.19. The normalized spacial score (nSPS) is 19.3. The van der Waals surface area contributed by atoms with E-state index in [1.165, 1.54) is 6.54 Å². The van der Waals surface area contributed by atoms with Gasteiger partial charge in [0.25, 0.3) is 0 Å². The highest BCUT2D eigenvalue weighted by Gasteiger charge is 2.26. The van der Waals surface area contributed by atoms with Gasteiger partial charge in [-0.15, -0.1) is 11.6 Å². The predicted octanol–water partition coefficient (Wildman–Crippen LogP) is 2.44. The molecule has 1 atom stereocenters. The molecule has 1 unspecified atom stereocenters. The molecule has 1 saturated heterocycles. The number of amides is 1. The van der Waals surface area contributed by atoms with Crippen LogP contribution in [0, 0.1) is 11.8 Å². The molecule has 1 heterocycles. The number of hydrogen-bond donors (Lipinski definition) is 0. The highest BCUT2D eigenvalue weighted by atomic mass is 35.5. The van der Waals surface area contributed by atoms with Crippen LogP contribution in [0.2, 0.25) is 0 Å². The Morgan fingerprint density at radius 1 is 1.33 bits per heavy atom. The Kier molecular flexibility index (Phi) is 7.02. The summed E-state index contributed by atoms with van der Waals surface area (Å²) in [6.45, 7) is 11.6. The van der Waals surface area contributed by atoms with E-state index in [4.69, 9.17) is 11.6 Å². The van der Waals surface area contributed by atoms with Crippen molar-refractivity contribution in [3.63, 3.8) is 0 Å². The average Bonchev–Trinajstić information content (AvgIpc) is 2.43. The van der Waals surface area contributed by atoms with Gasteiger partial charge in [-0.1, -0.05) is 20.8 Å². The number of carbonyl (C=O) groups is 1. The first-order chi connectivity index (χ1) is 8.62. The lowest BCUT2D eigenvalue weighted by Crippen LogP contribution is -2.43. The van der Waals surface area contributed by atoms with Gasteiger partial charge >= 0.3 is 0 Å². The maximum Gasteiger partial charge on any atom is 0.226 e. The summed E-state index contributed by atoms with van der Waals surface area (Å²) in [4.78, 5) is 16.5. The third-order valence-corrected chi connectivity index (χ3v) is 4.45. The fourth-order valence-corrected chi connectivity index (χ4v) is 2.69. The Balaban J connectivity index is 2.34. The number of halogens is 1. The first-order valence-electron chi connectivity index (χ1n) is 7.19. The zero-order chi connectivity index (χ0) is 13.5. The third kappa shape index (κ3) is 4.43. The Hall–Kier alpha value is -0.280. The number of alkyl halides is 1. The fraction of sp³-hybridized carbons (Fsp3) is 0.929. The Bertz CT molecular complexity index is 248. The van der Waals surface area contributed by atoms with Crippen LogP contribution >= 0.6 is 11.6 Å². The second kappa shape index (κ2) is 8.00. The van der Waals surface area contributed by atoms with Crippen molar-refractivity contribution in [2.24, 2.45) is 11.8 Å². The molecule has 1 rings (SSSR count). The van der Waals surface area contributed by atoms with E-state index in [-0.39, 0.29) is 11.8 Å². The van der Waals surface area contributed by atoms with E-state index in [0.717, 1.165) is 44.9 Å². The minimum absolute atomic E-state index is 0.0361. The van der Waals surface area contributed by atoms with Crippen LogP contribution in [0.5, 0.6) is 0 Å². The number of piperidine rings is 1. The lowest BCUT2D eigenvalue weighted by atomic mass is 9.95. The second-order valence-electron chi connectivity index (χ2n) is 5.31. The zero-order valence-electron chi connectivity index (χ0n) is 12.0. The minimum atomic E-state index is -0.0361. The van der Waals surface area contributed by atoms with Gasteiger partial charge in [0.1, 0.15) is 0 Å². The van der Waals surface area contributed by atoms with Crippen LogP contribution in [0.25, 0.3) is 0 Å². The van der Waals surface area contributed by atoms with Gasteiger partial charge in [-0.3, -0.25) is 4.79 Å². The number of hydrogen-bond acceptors (Lipinski definition) is 2. The van der Waals surface area contributed by atoms with Gasteiger partial charge in [0.05, 0.1) is 0 Å². The topological polar surface area (TPSA) is 23.6 Å². The minimum Gasteiger partial charge on any atom is -0.342 e. The largest absolute Gasteiger partial charge is 0.342 e. The van der Waals surface area contributed by atoms with Crippen molar-refractivity contribution < 1.29 is 4.79 Å². The average molecular weight is 275 g/mol. The zero-order valence-corrected chi connectivity index (χ0v) is 12.7. The maximum absolute atomic E-state index is 12.0. The van der Waals surface area contributed by atoms with Gasteiger partial charge in [0.2, 0.25) is 5.91 Å². The van der Waals surface area contributed by atoms with Crippen LogP contribution in [-0.2, 0) is 4.79 Å². The molecule has 1 aliphatic rings. The van der Waals surface area contributed by atoms with E-state index in [9.17, 15) is 4.79 Å². The SMILES string of the molecule is CCN(CC)CC1CCN(C(=O)C(C)CCl)CC1. The summed E-state index contributed by atoms with van der Waals surface area (Å²) in [5.41, 5.74) is 0. The molecule has 0 bridgehead atoms. The van der Waals surface area contributed by atoms with Gasteiger partial charge < -0.3 is 9.80 Å². The van der Waals surface area contributed by atoms with Gasteiger partial charge in [0.15, 0.2) is 0 Å². The van der Waals surface area contributed by atoms with E-state index >= 15 is 0 Å². The van der Waals surface area contributed by atoms with Crippen molar-refractivity contribution >= 4 is 17.5 Å². The first kappa shape index (κ1) is 15.8. The smallest absolute Gasteiger partial charge is 0.226 e. The third-order valence-electron chi connectivity index (χ3n) is 3.99. The molecular weight excluding hydrogens is 248 g/mol. The highest BCUT2D eigenvalue weighted by Crippen LogP contribution is 2.20. The van der Waals surface area contributed by atoms with E-state index in [1.54, 1.807) is 0 Å². The van der Waals surface area contributed by atoms with Gasteiger partial charge in [-0.05, 0) is 31.8 Å². The molecule has 3 nitrogen and oxygen atoms in total. The standard InChI is InChI=1S/C14H27ClN2O/c1-4-16(5-2)11-13-6-8-17(9-7-13)14(18)12(3)10-15/h12-13H,4-11H2,1-3H3.